The number of rotatable bonds is 4. The fraction of sp³-hybridized carbons (Fsp3) is 0.417. The van der Waals surface area contributed by atoms with Crippen molar-refractivity contribution in [3.8, 4) is 22.8 Å². The lowest BCUT2D eigenvalue weighted by Crippen LogP contribution is -2.42. The molecular formula is C24H28N6O3. The van der Waals surface area contributed by atoms with Crippen LogP contribution >= 0.6 is 0 Å². The van der Waals surface area contributed by atoms with E-state index in [-0.39, 0.29) is 12.1 Å². The molecule has 1 amide bonds. The summed E-state index contributed by atoms with van der Waals surface area (Å²) in [6.07, 6.45) is 12.1. The van der Waals surface area contributed by atoms with Gasteiger partial charge in [-0.15, -0.1) is 0 Å². The van der Waals surface area contributed by atoms with Gasteiger partial charge in [0.25, 0.3) is 0 Å². The van der Waals surface area contributed by atoms with Crippen molar-refractivity contribution in [2.45, 2.75) is 44.7 Å². The summed E-state index contributed by atoms with van der Waals surface area (Å²) in [6.45, 7) is 4.03. The highest BCUT2D eigenvalue weighted by molar-refractivity contribution is 5.92. The van der Waals surface area contributed by atoms with E-state index in [0.717, 1.165) is 61.2 Å². The zero-order chi connectivity index (χ0) is 22.8. The first kappa shape index (κ1) is 21.4. The Kier molecular flexibility index (Phi) is 5.95. The quantitative estimate of drug-likeness (QED) is 0.645. The van der Waals surface area contributed by atoms with Gasteiger partial charge in [-0.3, -0.25) is 14.6 Å². The molecule has 9 nitrogen and oxygen atoms in total. The van der Waals surface area contributed by atoms with E-state index in [2.05, 4.69) is 31.3 Å². The van der Waals surface area contributed by atoms with Crippen molar-refractivity contribution >= 4 is 11.8 Å². The lowest BCUT2D eigenvalue weighted by molar-refractivity contribution is 0.175. The number of anilines is 1. The third-order valence-corrected chi connectivity index (χ3v) is 6.46. The van der Waals surface area contributed by atoms with Crippen molar-refractivity contribution in [2.24, 2.45) is 0 Å². The molecule has 0 unspecified atom stereocenters. The van der Waals surface area contributed by atoms with E-state index in [9.17, 15) is 4.79 Å². The second-order valence-electron chi connectivity index (χ2n) is 8.50. The molecule has 5 rings (SSSR count). The van der Waals surface area contributed by atoms with Gasteiger partial charge in [0.15, 0.2) is 0 Å². The summed E-state index contributed by atoms with van der Waals surface area (Å²) < 4.78 is 13.4. The molecule has 1 atom stereocenters. The summed E-state index contributed by atoms with van der Waals surface area (Å²) >= 11 is 0. The van der Waals surface area contributed by atoms with Gasteiger partial charge in [-0.25, -0.2) is 9.78 Å². The van der Waals surface area contributed by atoms with Crippen LogP contribution in [0.5, 0.6) is 11.6 Å². The van der Waals surface area contributed by atoms with Crippen LogP contribution in [0, 0.1) is 0 Å². The number of piperidine rings is 1. The molecule has 0 spiro atoms. The highest BCUT2D eigenvalue weighted by Crippen LogP contribution is 2.44. The van der Waals surface area contributed by atoms with Crippen LogP contribution in [0.15, 0.2) is 43.1 Å². The number of nitrogens with one attached hydrogen (secondary N) is 1. The zero-order valence-electron chi connectivity index (χ0n) is 18.9. The maximum absolute atomic E-state index is 12.6. The maximum Gasteiger partial charge on any atom is 0.414 e. The Hall–Kier alpha value is -3.46. The van der Waals surface area contributed by atoms with Gasteiger partial charge in [0.2, 0.25) is 5.88 Å². The van der Waals surface area contributed by atoms with Gasteiger partial charge < -0.3 is 14.8 Å². The molecule has 1 fully saturated rings. The highest BCUT2D eigenvalue weighted by atomic mass is 16.5. The molecule has 1 saturated heterocycles. The molecular weight excluding hydrogens is 420 g/mol. The predicted octanol–water partition coefficient (Wildman–Crippen LogP) is 3.96. The van der Waals surface area contributed by atoms with Crippen molar-refractivity contribution in [2.75, 3.05) is 25.1 Å². The van der Waals surface area contributed by atoms with Gasteiger partial charge >= 0.3 is 6.09 Å². The van der Waals surface area contributed by atoms with Crippen LogP contribution in [0.3, 0.4) is 0 Å². The number of methoxy groups -OCH3 is 1. The average molecular weight is 449 g/mol. The van der Waals surface area contributed by atoms with Crippen molar-refractivity contribution in [3.05, 3.63) is 48.7 Å². The number of amides is 1. The van der Waals surface area contributed by atoms with E-state index >= 15 is 0 Å². The van der Waals surface area contributed by atoms with Gasteiger partial charge in [0.05, 0.1) is 31.2 Å². The Balaban J connectivity index is 1.59. The molecule has 2 aliphatic heterocycles. The van der Waals surface area contributed by atoms with Crippen LogP contribution in [0.1, 0.15) is 37.8 Å². The minimum absolute atomic E-state index is 0.0304. The van der Waals surface area contributed by atoms with Crippen LogP contribution in [-0.2, 0) is 11.2 Å². The number of aromatic nitrogens is 4. The van der Waals surface area contributed by atoms with Crippen LogP contribution in [0.2, 0.25) is 0 Å². The maximum atomic E-state index is 12.6. The van der Waals surface area contributed by atoms with E-state index in [1.807, 2.05) is 25.3 Å². The standard InChI is InChI=1S/C24H28N6O3/c1-16-3-4-20-21(30(16)24(31)32-2)6-5-19(23(20)33-22-14-26-11-12-27-22)17-13-28-29(15-17)18-7-9-25-10-8-18/h5-6,11-16,18,25H,3-4,7-10H2,1-2H3/t16-/m0/s1. The lowest BCUT2D eigenvalue weighted by atomic mass is 9.92. The Morgan fingerprint density at radius 3 is 2.76 bits per heavy atom. The molecule has 0 bridgehead atoms. The summed E-state index contributed by atoms with van der Waals surface area (Å²) in [4.78, 5) is 22.7. The molecule has 3 aromatic rings. The first-order valence-electron chi connectivity index (χ1n) is 11.4. The third kappa shape index (κ3) is 4.16. The lowest BCUT2D eigenvalue weighted by Gasteiger charge is -2.35. The number of carbonyl (C=O) groups is 1. The number of hydrogen-bond acceptors (Lipinski definition) is 7. The van der Waals surface area contributed by atoms with E-state index in [4.69, 9.17) is 9.47 Å². The number of benzene rings is 1. The van der Waals surface area contributed by atoms with Gasteiger partial charge in [0.1, 0.15) is 5.75 Å². The number of carbonyl (C=O) groups excluding carboxylic acids is 1. The second kappa shape index (κ2) is 9.19. The molecule has 1 N–H and O–H groups in total. The average Bonchev–Trinajstić information content (AvgIpc) is 3.35. The minimum Gasteiger partial charge on any atom is -0.452 e. The van der Waals surface area contributed by atoms with Crippen LogP contribution < -0.4 is 15.0 Å². The first-order valence-corrected chi connectivity index (χ1v) is 11.4. The Labute approximate surface area is 192 Å². The Morgan fingerprint density at radius 2 is 2.00 bits per heavy atom. The molecule has 1 aromatic carbocycles. The normalized spacial score (nSPS) is 18.6. The Bertz CT molecular complexity index is 1130. The van der Waals surface area contributed by atoms with Crippen molar-refractivity contribution in [1.82, 2.24) is 25.1 Å². The molecule has 0 aliphatic carbocycles. The molecule has 4 heterocycles. The summed E-state index contributed by atoms with van der Waals surface area (Å²) in [5, 5.41) is 8.06. The zero-order valence-corrected chi connectivity index (χ0v) is 18.9. The smallest absolute Gasteiger partial charge is 0.414 e. The topological polar surface area (TPSA) is 94.4 Å². The summed E-state index contributed by atoms with van der Waals surface area (Å²) in [7, 11) is 1.41. The number of fused-ring (bicyclic) bond motifs is 1. The van der Waals surface area contributed by atoms with Crippen molar-refractivity contribution in [1.29, 1.82) is 0 Å². The summed E-state index contributed by atoms with van der Waals surface area (Å²) in [6, 6.07) is 4.38. The predicted molar refractivity (Wildman–Crippen MR) is 124 cm³/mol. The molecule has 172 valence electrons. The molecule has 2 aromatic heterocycles. The molecule has 0 saturated carbocycles. The summed E-state index contributed by atoms with van der Waals surface area (Å²) in [5.41, 5.74) is 3.64. The van der Waals surface area contributed by atoms with Gasteiger partial charge in [-0.1, -0.05) is 0 Å². The van der Waals surface area contributed by atoms with E-state index in [1.54, 1.807) is 23.5 Å². The largest absolute Gasteiger partial charge is 0.452 e. The highest BCUT2D eigenvalue weighted by Gasteiger charge is 2.32. The molecule has 9 heteroatoms. The minimum atomic E-state index is -0.375. The van der Waals surface area contributed by atoms with Crippen molar-refractivity contribution in [3.63, 3.8) is 0 Å². The van der Waals surface area contributed by atoms with E-state index < -0.39 is 0 Å². The first-order chi connectivity index (χ1) is 16.2. The van der Waals surface area contributed by atoms with Gasteiger partial charge in [-0.2, -0.15) is 5.10 Å². The molecule has 33 heavy (non-hydrogen) atoms. The monoisotopic (exact) mass is 448 g/mol. The Morgan fingerprint density at radius 1 is 1.15 bits per heavy atom. The van der Waals surface area contributed by atoms with Crippen molar-refractivity contribution < 1.29 is 14.3 Å². The SMILES string of the molecule is COC(=O)N1c2ccc(-c3cnn(C4CCNCC4)c3)c(Oc3cnccn3)c2CC[C@@H]1C. The van der Waals surface area contributed by atoms with E-state index in [0.29, 0.717) is 17.7 Å². The fourth-order valence-electron chi connectivity index (χ4n) is 4.72. The van der Waals surface area contributed by atoms with Crippen LogP contribution in [0.25, 0.3) is 11.1 Å². The van der Waals surface area contributed by atoms with Crippen LogP contribution in [-0.4, -0.2) is 52.1 Å². The van der Waals surface area contributed by atoms with Crippen LogP contribution in [0.4, 0.5) is 10.5 Å². The fourth-order valence-corrected chi connectivity index (χ4v) is 4.72. The molecule has 2 aliphatic rings. The van der Waals surface area contributed by atoms with E-state index in [1.165, 1.54) is 7.11 Å². The second-order valence-corrected chi connectivity index (χ2v) is 8.50. The van der Waals surface area contributed by atoms with Gasteiger partial charge in [0, 0.05) is 41.3 Å². The third-order valence-electron chi connectivity index (χ3n) is 6.46. The van der Waals surface area contributed by atoms with Gasteiger partial charge in [-0.05, 0) is 57.8 Å². The number of nitrogens with zero attached hydrogens (tertiary/aromatic N) is 5. The molecule has 0 radical (unpaired) electrons. The summed E-state index contributed by atoms with van der Waals surface area (Å²) in [5.74, 6) is 1.08. The number of hydrogen-bond donors (Lipinski definition) is 1. The number of ether oxygens (including phenoxy) is 2.